The van der Waals surface area contributed by atoms with Crippen molar-refractivity contribution in [3.63, 3.8) is 0 Å². The van der Waals surface area contributed by atoms with Crippen LogP contribution in [0.25, 0.3) is 10.9 Å². The SMILES string of the molecule is NCc1cccc2c1ccn2Cc1cccs1. The number of thiophene rings is 1. The molecule has 0 unspecified atom stereocenters. The highest BCUT2D eigenvalue weighted by atomic mass is 32.1. The van der Waals surface area contributed by atoms with E-state index in [1.165, 1.54) is 21.3 Å². The smallest absolute Gasteiger partial charge is 0.0569 e. The predicted octanol–water partition coefficient (Wildman–Crippen LogP) is 3.21. The zero-order valence-corrected chi connectivity index (χ0v) is 10.3. The summed E-state index contributed by atoms with van der Waals surface area (Å²) in [4.78, 5) is 1.38. The second-order valence-electron chi connectivity index (χ2n) is 4.08. The Morgan fingerprint density at radius 2 is 2.06 bits per heavy atom. The largest absolute Gasteiger partial charge is 0.342 e. The highest BCUT2D eigenvalue weighted by molar-refractivity contribution is 7.09. The predicted molar refractivity (Wildman–Crippen MR) is 73.3 cm³/mol. The maximum Gasteiger partial charge on any atom is 0.0569 e. The van der Waals surface area contributed by atoms with Crippen LogP contribution in [0.3, 0.4) is 0 Å². The average molecular weight is 242 g/mol. The van der Waals surface area contributed by atoms with Crippen LogP contribution in [-0.2, 0) is 13.1 Å². The first-order chi connectivity index (χ1) is 8.38. The average Bonchev–Trinajstić information content (AvgIpc) is 2.99. The van der Waals surface area contributed by atoms with Gasteiger partial charge in [-0.2, -0.15) is 0 Å². The first-order valence-electron chi connectivity index (χ1n) is 5.67. The summed E-state index contributed by atoms with van der Waals surface area (Å²) >= 11 is 1.79. The number of hydrogen-bond acceptors (Lipinski definition) is 2. The van der Waals surface area contributed by atoms with E-state index in [1.54, 1.807) is 11.3 Å². The molecule has 86 valence electrons. The van der Waals surface area contributed by atoms with E-state index in [2.05, 4.69) is 52.5 Å². The Kier molecular flexibility index (Phi) is 2.71. The van der Waals surface area contributed by atoms with Crippen molar-refractivity contribution < 1.29 is 0 Å². The van der Waals surface area contributed by atoms with Crippen molar-refractivity contribution >= 4 is 22.2 Å². The molecule has 0 bridgehead atoms. The van der Waals surface area contributed by atoms with Crippen LogP contribution in [0, 0.1) is 0 Å². The van der Waals surface area contributed by atoms with Gasteiger partial charge < -0.3 is 10.3 Å². The van der Waals surface area contributed by atoms with Crippen molar-refractivity contribution in [2.45, 2.75) is 13.1 Å². The van der Waals surface area contributed by atoms with Gasteiger partial charge in [-0.1, -0.05) is 18.2 Å². The van der Waals surface area contributed by atoms with Crippen LogP contribution in [0.5, 0.6) is 0 Å². The molecule has 2 N–H and O–H groups in total. The maximum absolute atomic E-state index is 5.75. The number of nitrogens with zero attached hydrogens (tertiary/aromatic N) is 1. The van der Waals surface area contributed by atoms with E-state index in [0.717, 1.165) is 6.54 Å². The lowest BCUT2D eigenvalue weighted by Gasteiger charge is -2.05. The molecule has 0 saturated heterocycles. The van der Waals surface area contributed by atoms with Gasteiger partial charge in [-0.25, -0.2) is 0 Å². The lowest BCUT2D eigenvalue weighted by Crippen LogP contribution is -1.98. The highest BCUT2D eigenvalue weighted by Crippen LogP contribution is 2.22. The van der Waals surface area contributed by atoms with Gasteiger partial charge in [0.2, 0.25) is 0 Å². The molecule has 3 aromatic rings. The molecular weight excluding hydrogens is 228 g/mol. The third-order valence-corrected chi connectivity index (χ3v) is 3.89. The summed E-state index contributed by atoms with van der Waals surface area (Å²) in [5.74, 6) is 0. The molecular formula is C14H14N2S. The minimum Gasteiger partial charge on any atom is -0.342 e. The lowest BCUT2D eigenvalue weighted by molar-refractivity contribution is 0.851. The molecule has 0 aliphatic rings. The normalized spacial score (nSPS) is 11.1. The van der Waals surface area contributed by atoms with Crippen LogP contribution in [0.1, 0.15) is 10.4 Å². The molecule has 1 aromatic carbocycles. The molecule has 2 nitrogen and oxygen atoms in total. The Labute approximate surface area is 104 Å². The minimum atomic E-state index is 0.598. The summed E-state index contributed by atoms with van der Waals surface area (Å²) in [7, 11) is 0. The van der Waals surface area contributed by atoms with Crippen LogP contribution >= 0.6 is 11.3 Å². The maximum atomic E-state index is 5.75. The van der Waals surface area contributed by atoms with Crippen molar-refractivity contribution in [1.29, 1.82) is 0 Å². The van der Waals surface area contributed by atoms with E-state index < -0.39 is 0 Å². The van der Waals surface area contributed by atoms with Gasteiger partial charge in [0.15, 0.2) is 0 Å². The van der Waals surface area contributed by atoms with Gasteiger partial charge in [-0.15, -0.1) is 11.3 Å². The van der Waals surface area contributed by atoms with E-state index >= 15 is 0 Å². The minimum absolute atomic E-state index is 0.598. The van der Waals surface area contributed by atoms with Gasteiger partial charge in [0.25, 0.3) is 0 Å². The van der Waals surface area contributed by atoms with E-state index in [0.29, 0.717) is 6.54 Å². The molecule has 0 fully saturated rings. The summed E-state index contributed by atoms with van der Waals surface area (Å²) in [6.45, 7) is 1.54. The summed E-state index contributed by atoms with van der Waals surface area (Å²) < 4.78 is 2.28. The fourth-order valence-electron chi connectivity index (χ4n) is 2.17. The third-order valence-electron chi connectivity index (χ3n) is 3.03. The molecule has 2 heterocycles. The fourth-order valence-corrected chi connectivity index (χ4v) is 2.88. The molecule has 17 heavy (non-hydrogen) atoms. The second-order valence-corrected chi connectivity index (χ2v) is 5.11. The number of rotatable bonds is 3. The van der Waals surface area contributed by atoms with Crippen molar-refractivity contribution in [3.05, 3.63) is 58.4 Å². The number of nitrogens with two attached hydrogens (primary N) is 1. The third kappa shape index (κ3) is 1.88. The Bertz CT molecular complexity index is 623. The molecule has 2 aromatic heterocycles. The molecule has 0 aliphatic carbocycles. The van der Waals surface area contributed by atoms with Gasteiger partial charge in [-0.3, -0.25) is 0 Å². The van der Waals surface area contributed by atoms with Crippen molar-refractivity contribution in [3.8, 4) is 0 Å². The number of aromatic nitrogens is 1. The summed E-state index contributed by atoms with van der Waals surface area (Å²) in [6.07, 6.45) is 2.14. The van der Waals surface area contributed by atoms with Crippen LogP contribution in [0.15, 0.2) is 48.0 Å². The zero-order chi connectivity index (χ0) is 11.7. The number of fused-ring (bicyclic) bond motifs is 1. The van der Waals surface area contributed by atoms with Gasteiger partial charge in [0, 0.05) is 28.5 Å². The van der Waals surface area contributed by atoms with Crippen LogP contribution in [0.4, 0.5) is 0 Å². The molecule has 0 saturated carbocycles. The summed E-state index contributed by atoms with van der Waals surface area (Å²) in [5, 5.41) is 3.39. The molecule has 0 radical (unpaired) electrons. The fraction of sp³-hybridized carbons (Fsp3) is 0.143. The summed E-state index contributed by atoms with van der Waals surface area (Å²) in [6, 6.07) is 12.8. The molecule has 0 amide bonds. The Morgan fingerprint density at radius 1 is 1.12 bits per heavy atom. The van der Waals surface area contributed by atoms with Gasteiger partial charge in [-0.05, 0) is 29.1 Å². The van der Waals surface area contributed by atoms with Crippen molar-refractivity contribution in [2.75, 3.05) is 0 Å². The second kappa shape index (κ2) is 4.35. The lowest BCUT2D eigenvalue weighted by atomic mass is 10.1. The highest BCUT2D eigenvalue weighted by Gasteiger charge is 2.05. The monoisotopic (exact) mass is 242 g/mol. The molecule has 0 aliphatic heterocycles. The van der Waals surface area contributed by atoms with Crippen LogP contribution in [0.2, 0.25) is 0 Å². The first-order valence-corrected chi connectivity index (χ1v) is 6.55. The molecule has 3 heteroatoms. The first kappa shape index (κ1) is 10.6. The van der Waals surface area contributed by atoms with Gasteiger partial charge in [0.1, 0.15) is 0 Å². The number of hydrogen-bond donors (Lipinski definition) is 1. The van der Waals surface area contributed by atoms with Crippen molar-refractivity contribution in [1.82, 2.24) is 4.57 Å². The van der Waals surface area contributed by atoms with Crippen molar-refractivity contribution in [2.24, 2.45) is 5.73 Å². The van der Waals surface area contributed by atoms with Crippen LogP contribution in [-0.4, -0.2) is 4.57 Å². The van der Waals surface area contributed by atoms with E-state index in [1.807, 2.05) is 0 Å². The Morgan fingerprint density at radius 3 is 2.82 bits per heavy atom. The van der Waals surface area contributed by atoms with Crippen LogP contribution < -0.4 is 5.73 Å². The Hall–Kier alpha value is -1.58. The topological polar surface area (TPSA) is 30.9 Å². The van der Waals surface area contributed by atoms with E-state index in [9.17, 15) is 0 Å². The van der Waals surface area contributed by atoms with E-state index in [-0.39, 0.29) is 0 Å². The quantitative estimate of drug-likeness (QED) is 0.751. The van der Waals surface area contributed by atoms with Gasteiger partial charge >= 0.3 is 0 Å². The standard InChI is InChI=1S/C14H14N2S/c15-9-11-3-1-5-14-13(11)6-7-16(14)10-12-4-2-8-17-12/h1-8H,9-10,15H2. The Balaban J connectivity index is 2.06. The van der Waals surface area contributed by atoms with Gasteiger partial charge in [0.05, 0.1) is 6.54 Å². The zero-order valence-electron chi connectivity index (χ0n) is 9.47. The number of benzene rings is 1. The summed E-state index contributed by atoms with van der Waals surface area (Å²) in [5.41, 5.74) is 8.23. The van der Waals surface area contributed by atoms with E-state index in [4.69, 9.17) is 5.73 Å². The molecule has 0 spiro atoms. The molecule has 0 atom stereocenters. The molecule has 3 rings (SSSR count).